The van der Waals surface area contributed by atoms with E-state index in [0.717, 1.165) is 12.1 Å². The van der Waals surface area contributed by atoms with Gasteiger partial charge in [-0.15, -0.1) is 0 Å². The van der Waals surface area contributed by atoms with Crippen LogP contribution < -0.4 is 15.6 Å². The third-order valence-electron chi connectivity index (χ3n) is 4.89. The fourth-order valence-corrected chi connectivity index (χ4v) is 3.68. The number of ether oxygens (including phenoxy) is 1. The van der Waals surface area contributed by atoms with Crippen LogP contribution in [0, 0.1) is 18.6 Å². The number of nitrogens with zero attached hydrogens (tertiary/aromatic N) is 1. The molecule has 0 aliphatic carbocycles. The standard InChI is InChI=1S/C23H21BrF2N2O4/c1-13-9-20(32-12-16-5-6-17(25)11-18(16)26)21(24)23(31)28(13)19-10-15(22(30)27-2)4-3-14(19)7-8-29/h3-6,9-11,29H,7-8,12H2,1-2H3,(H,27,30). The van der Waals surface area contributed by atoms with Crippen LogP contribution in [0.2, 0.25) is 0 Å². The van der Waals surface area contributed by atoms with Crippen LogP contribution in [0.4, 0.5) is 8.78 Å². The molecular weight excluding hydrogens is 486 g/mol. The van der Waals surface area contributed by atoms with Gasteiger partial charge in [0.15, 0.2) is 0 Å². The molecule has 3 rings (SSSR count). The summed E-state index contributed by atoms with van der Waals surface area (Å²) in [6.45, 7) is 1.36. The molecule has 1 amide bonds. The molecule has 0 saturated heterocycles. The number of hydrogen-bond acceptors (Lipinski definition) is 4. The normalized spacial score (nSPS) is 10.8. The van der Waals surface area contributed by atoms with E-state index in [9.17, 15) is 23.5 Å². The number of aromatic nitrogens is 1. The minimum absolute atomic E-state index is 0.103. The molecule has 0 spiro atoms. The highest BCUT2D eigenvalue weighted by atomic mass is 79.9. The third-order valence-corrected chi connectivity index (χ3v) is 5.62. The Morgan fingerprint density at radius 1 is 1.16 bits per heavy atom. The second-order valence-electron chi connectivity index (χ2n) is 7.03. The summed E-state index contributed by atoms with van der Waals surface area (Å²) in [5, 5.41) is 12.0. The van der Waals surface area contributed by atoms with Crippen LogP contribution in [0.1, 0.15) is 27.2 Å². The molecule has 0 aliphatic rings. The van der Waals surface area contributed by atoms with Crippen LogP contribution >= 0.6 is 15.9 Å². The van der Waals surface area contributed by atoms with E-state index in [0.29, 0.717) is 22.5 Å². The fourth-order valence-electron chi connectivity index (χ4n) is 3.27. The van der Waals surface area contributed by atoms with E-state index in [1.54, 1.807) is 31.2 Å². The van der Waals surface area contributed by atoms with Crippen molar-refractivity contribution in [1.29, 1.82) is 0 Å². The van der Waals surface area contributed by atoms with Gasteiger partial charge in [0.1, 0.15) is 28.5 Å². The lowest BCUT2D eigenvalue weighted by Gasteiger charge is -2.18. The Bertz CT molecular complexity index is 1230. The Balaban J connectivity index is 2.03. The van der Waals surface area contributed by atoms with Gasteiger partial charge in [-0.25, -0.2) is 8.78 Å². The summed E-state index contributed by atoms with van der Waals surface area (Å²) in [6.07, 6.45) is 0.287. The summed E-state index contributed by atoms with van der Waals surface area (Å²) >= 11 is 3.25. The van der Waals surface area contributed by atoms with E-state index >= 15 is 0 Å². The van der Waals surface area contributed by atoms with E-state index in [1.807, 2.05) is 0 Å². The first kappa shape index (κ1) is 23.6. The SMILES string of the molecule is CNC(=O)c1ccc(CCO)c(-n2c(C)cc(OCc3ccc(F)cc3F)c(Br)c2=O)c1. The number of nitrogens with one attached hydrogen (secondary N) is 1. The lowest BCUT2D eigenvalue weighted by Crippen LogP contribution is -2.24. The van der Waals surface area contributed by atoms with Crippen molar-refractivity contribution in [3.63, 3.8) is 0 Å². The highest BCUT2D eigenvalue weighted by Gasteiger charge is 2.18. The summed E-state index contributed by atoms with van der Waals surface area (Å²) in [5.41, 5.74) is 1.69. The zero-order chi connectivity index (χ0) is 23.4. The van der Waals surface area contributed by atoms with Gasteiger partial charge in [0.25, 0.3) is 11.5 Å². The maximum atomic E-state index is 13.9. The smallest absolute Gasteiger partial charge is 0.273 e. The van der Waals surface area contributed by atoms with Crippen molar-refractivity contribution >= 4 is 21.8 Å². The number of aryl methyl sites for hydroxylation is 1. The number of carbonyl (C=O) groups is 1. The van der Waals surface area contributed by atoms with Gasteiger partial charge >= 0.3 is 0 Å². The van der Waals surface area contributed by atoms with Crippen molar-refractivity contribution in [2.24, 2.45) is 0 Å². The molecule has 3 aromatic rings. The minimum Gasteiger partial charge on any atom is -0.487 e. The molecule has 32 heavy (non-hydrogen) atoms. The molecule has 9 heteroatoms. The number of aliphatic hydroxyl groups is 1. The van der Waals surface area contributed by atoms with E-state index in [1.165, 1.54) is 17.7 Å². The number of halogens is 3. The third kappa shape index (κ3) is 4.89. The molecule has 1 heterocycles. The molecule has 168 valence electrons. The lowest BCUT2D eigenvalue weighted by atomic mass is 10.0. The van der Waals surface area contributed by atoms with Crippen LogP contribution in [0.25, 0.3) is 5.69 Å². The van der Waals surface area contributed by atoms with Gasteiger partial charge in [0, 0.05) is 42.6 Å². The summed E-state index contributed by atoms with van der Waals surface area (Å²) in [7, 11) is 1.51. The number of rotatable bonds is 7. The molecule has 0 aliphatic heterocycles. The first-order valence-corrected chi connectivity index (χ1v) is 10.5. The fraction of sp³-hybridized carbons (Fsp3) is 0.217. The molecule has 2 aromatic carbocycles. The van der Waals surface area contributed by atoms with E-state index in [2.05, 4.69) is 21.2 Å². The zero-order valence-corrected chi connectivity index (χ0v) is 19.0. The van der Waals surface area contributed by atoms with Crippen LogP contribution in [0.3, 0.4) is 0 Å². The van der Waals surface area contributed by atoms with Crippen molar-refractivity contribution in [3.05, 3.63) is 91.3 Å². The summed E-state index contributed by atoms with van der Waals surface area (Å²) in [4.78, 5) is 25.3. The van der Waals surface area contributed by atoms with Gasteiger partial charge in [-0.05, 0) is 59.1 Å². The van der Waals surface area contributed by atoms with Crippen LogP contribution in [0.5, 0.6) is 5.75 Å². The van der Waals surface area contributed by atoms with E-state index in [4.69, 9.17) is 4.74 Å². The molecular formula is C23H21BrF2N2O4. The predicted octanol–water partition coefficient (Wildman–Crippen LogP) is 3.66. The number of aliphatic hydroxyl groups excluding tert-OH is 1. The van der Waals surface area contributed by atoms with E-state index in [-0.39, 0.29) is 41.3 Å². The lowest BCUT2D eigenvalue weighted by molar-refractivity contribution is 0.0963. The largest absolute Gasteiger partial charge is 0.487 e. The molecule has 2 N–H and O–H groups in total. The predicted molar refractivity (Wildman–Crippen MR) is 119 cm³/mol. The number of hydrogen-bond donors (Lipinski definition) is 2. The second-order valence-corrected chi connectivity index (χ2v) is 7.82. The van der Waals surface area contributed by atoms with E-state index < -0.39 is 17.2 Å². The molecule has 0 radical (unpaired) electrons. The Morgan fingerprint density at radius 3 is 2.53 bits per heavy atom. The second kappa shape index (κ2) is 10.1. The molecule has 0 fully saturated rings. The Labute approximate surface area is 191 Å². The van der Waals surface area contributed by atoms with Gasteiger partial charge in [0.05, 0.1) is 5.69 Å². The maximum absolute atomic E-state index is 13.9. The van der Waals surface area contributed by atoms with Crippen molar-refractivity contribution in [1.82, 2.24) is 9.88 Å². The zero-order valence-electron chi connectivity index (χ0n) is 17.4. The van der Waals surface area contributed by atoms with Gasteiger partial charge in [-0.2, -0.15) is 0 Å². The molecule has 0 saturated carbocycles. The van der Waals surface area contributed by atoms with Crippen LogP contribution in [0.15, 0.2) is 51.7 Å². The number of amides is 1. The highest BCUT2D eigenvalue weighted by molar-refractivity contribution is 9.10. The summed E-state index contributed by atoms with van der Waals surface area (Å²) in [6, 6.07) is 9.66. The number of carbonyl (C=O) groups excluding carboxylic acids is 1. The molecule has 6 nitrogen and oxygen atoms in total. The van der Waals surface area contributed by atoms with Crippen molar-refractivity contribution in [2.45, 2.75) is 20.0 Å². The Morgan fingerprint density at radius 2 is 1.88 bits per heavy atom. The van der Waals surface area contributed by atoms with Gasteiger partial charge in [0.2, 0.25) is 0 Å². The van der Waals surface area contributed by atoms with Crippen molar-refractivity contribution in [3.8, 4) is 11.4 Å². The molecule has 1 aromatic heterocycles. The van der Waals surface area contributed by atoms with Gasteiger partial charge < -0.3 is 15.2 Å². The van der Waals surface area contributed by atoms with Crippen molar-refractivity contribution in [2.75, 3.05) is 13.7 Å². The highest BCUT2D eigenvalue weighted by Crippen LogP contribution is 2.27. The first-order valence-electron chi connectivity index (χ1n) is 9.72. The average Bonchev–Trinajstić information content (AvgIpc) is 2.77. The quantitative estimate of drug-likeness (QED) is 0.512. The Kier molecular flexibility index (Phi) is 7.42. The number of benzene rings is 2. The Hall–Kier alpha value is -3.04. The van der Waals surface area contributed by atoms with Crippen LogP contribution in [-0.4, -0.2) is 29.2 Å². The van der Waals surface area contributed by atoms with Crippen molar-refractivity contribution < 1.29 is 23.4 Å². The van der Waals surface area contributed by atoms with Crippen LogP contribution in [-0.2, 0) is 13.0 Å². The molecule has 0 unspecified atom stereocenters. The molecule has 0 bridgehead atoms. The molecule has 0 atom stereocenters. The topological polar surface area (TPSA) is 80.6 Å². The monoisotopic (exact) mass is 506 g/mol. The number of pyridine rings is 1. The summed E-state index contributed by atoms with van der Waals surface area (Å²) in [5.74, 6) is -1.55. The average molecular weight is 507 g/mol. The van der Waals surface area contributed by atoms with Gasteiger partial charge in [-0.3, -0.25) is 14.2 Å². The minimum atomic E-state index is -0.745. The first-order chi connectivity index (χ1) is 15.3. The maximum Gasteiger partial charge on any atom is 0.273 e. The van der Waals surface area contributed by atoms with Gasteiger partial charge in [-0.1, -0.05) is 6.07 Å². The summed E-state index contributed by atoms with van der Waals surface area (Å²) < 4.78 is 34.1.